The minimum Gasteiger partial charge on any atom is -0.324 e. The van der Waals surface area contributed by atoms with Crippen LogP contribution in [0.1, 0.15) is 55.3 Å². The number of urea groups is 1. The van der Waals surface area contributed by atoms with Crippen molar-refractivity contribution in [3.8, 4) is 0 Å². The van der Waals surface area contributed by atoms with Gasteiger partial charge in [0, 0.05) is 19.3 Å². The van der Waals surface area contributed by atoms with Crippen molar-refractivity contribution >= 4 is 41.5 Å². The zero-order valence-electron chi connectivity index (χ0n) is 19.6. The van der Waals surface area contributed by atoms with E-state index >= 15 is 0 Å². The molecule has 0 bridgehead atoms. The van der Waals surface area contributed by atoms with Crippen LogP contribution in [0.5, 0.6) is 0 Å². The number of carbonyl (C=O) groups is 2. The molecule has 8 heteroatoms. The number of aromatic nitrogens is 1. The van der Waals surface area contributed by atoms with Crippen molar-refractivity contribution in [3.05, 3.63) is 48.2 Å². The van der Waals surface area contributed by atoms with Crippen LogP contribution >= 0.6 is 12.4 Å². The number of halogens is 1. The highest BCUT2D eigenvalue weighted by atomic mass is 35.5. The lowest BCUT2D eigenvalue weighted by Gasteiger charge is -2.37. The number of nitrogens with zero attached hydrogens (tertiary/aromatic N) is 4. The van der Waals surface area contributed by atoms with Crippen LogP contribution in [0.2, 0.25) is 0 Å². The Bertz CT molecular complexity index is 1010. The van der Waals surface area contributed by atoms with Crippen molar-refractivity contribution in [3.63, 3.8) is 0 Å². The van der Waals surface area contributed by atoms with Gasteiger partial charge in [-0.25, -0.2) is 14.7 Å². The Balaban J connectivity index is 0.00000274. The predicted molar refractivity (Wildman–Crippen MR) is 137 cm³/mol. The molecule has 3 amide bonds. The van der Waals surface area contributed by atoms with Gasteiger partial charge in [-0.3, -0.25) is 4.79 Å². The average molecular weight is 484 g/mol. The van der Waals surface area contributed by atoms with Crippen LogP contribution in [0.25, 0.3) is 0 Å². The van der Waals surface area contributed by atoms with E-state index in [1.807, 2.05) is 23.1 Å². The normalized spacial score (nSPS) is 20.8. The van der Waals surface area contributed by atoms with Gasteiger partial charge in [0.15, 0.2) is 5.82 Å². The number of benzene rings is 1. The molecule has 2 aromatic rings. The van der Waals surface area contributed by atoms with Gasteiger partial charge in [0.2, 0.25) is 0 Å². The first-order valence-corrected chi connectivity index (χ1v) is 12.4. The standard InChI is InChI=1S/C26H33N5O2.ClH/c32-25-21-10-3-4-12-23(21)31(24-22(28-25)11-7-14-27-24)26(33)30-17-8-9-20(19-30)13-18-29-15-5-1-2-6-16-29;/h3-4,7,10-12,14,20H,1-2,5-6,8-9,13,15-19H2,(H,28,32);1H. The maximum atomic E-state index is 13.9. The number of piperidine rings is 1. The van der Waals surface area contributed by atoms with Gasteiger partial charge in [-0.2, -0.15) is 0 Å². The van der Waals surface area contributed by atoms with Crippen LogP contribution in [0.4, 0.5) is 22.0 Å². The Hall–Kier alpha value is -2.64. The van der Waals surface area contributed by atoms with E-state index in [0.717, 1.165) is 32.5 Å². The number of anilines is 3. The van der Waals surface area contributed by atoms with Gasteiger partial charge < -0.3 is 15.1 Å². The molecule has 1 aromatic carbocycles. The van der Waals surface area contributed by atoms with E-state index < -0.39 is 0 Å². The highest BCUT2D eigenvalue weighted by Crippen LogP contribution is 2.37. The first-order chi connectivity index (χ1) is 16.2. The number of pyridine rings is 1. The van der Waals surface area contributed by atoms with Crippen molar-refractivity contribution in [2.75, 3.05) is 42.9 Å². The summed E-state index contributed by atoms with van der Waals surface area (Å²) in [5, 5.41) is 2.92. The second-order valence-corrected chi connectivity index (χ2v) is 9.46. The van der Waals surface area contributed by atoms with Crippen molar-refractivity contribution in [2.45, 2.75) is 44.9 Å². The molecule has 182 valence electrons. The molecule has 1 aromatic heterocycles. The summed E-state index contributed by atoms with van der Waals surface area (Å²) >= 11 is 0. The summed E-state index contributed by atoms with van der Waals surface area (Å²) in [4.78, 5) is 37.4. The van der Waals surface area contributed by atoms with Gasteiger partial charge in [-0.1, -0.05) is 25.0 Å². The fourth-order valence-corrected chi connectivity index (χ4v) is 5.37. The van der Waals surface area contributed by atoms with Crippen LogP contribution in [0, 0.1) is 5.92 Å². The van der Waals surface area contributed by atoms with Crippen molar-refractivity contribution in [1.29, 1.82) is 0 Å². The number of rotatable bonds is 3. The molecule has 34 heavy (non-hydrogen) atoms. The van der Waals surface area contributed by atoms with E-state index in [9.17, 15) is 9.59 Å². The summed E-state index contributed by atoms with van der Waals surface area (Å²) in [6.07, 6.45) is 10.3. The Morgan fingerprint density at radius 1 is 1.00 bits per heavy atom. The van der Waals surface area contributed by atoms with Gasteiger partial charge in [0.05, 0.1) is 16.9 Å². The van der Waals surface area contributed by atoms with Gasteiger partial charge in [-0.05, 0) is 81.9 Å². The molecule has 3 aliphatic heterocycles. The van der Waals surface area contributed by atoms with E-state index in [0.29, 0.717) is 28.7 Å². The summed E-state index contributed by atoms with van der Waals surface area (Å²) in [7, 11) is 0. The van der Waals surface area contributed by atoms with Gasteiger partial charge in [0.25, 0.3) is 5.91 Å². The third kappa shape index (κ3) is 5.20. The number of carbonyl (C=O) groups excluding carboxylic acids is 2. The number of para-hydroxylation sites is 1. The monoisotopic (exact) mass is 483 g/mol. The van der Waals surface area contributed by atoms with Crippen LogP contribution in [-0.2, 0) is 0 Å². The fraction of sp³-hybridized carbons (Fsp3) is 0.500. The van der Waals surface area contributed by atoms with E-state index in [2.05, 4.69) is 15.2 Å². The molecule has 4 heterocycles. The second-order valence-electron chi connectivity index (χ2n) is 9.46. The Morgan fingerprint density at radius 2 is 1.79 bits per heavy atom. The molecule has 2 fully saturated rings. The number of amides is 3. The zero-order valence-corrected chi connectivity index (χ0v) is 20.4. The van der Waals surface area contributed by atoms with Gasteiger partial charge >= 0.3 is 6.03 Å². The van der Waals surface area contributed by atoms with E-state index in [1.165, 1.54) is 45.2 Å². The molecule has 1 unspecified atom stereocenters. The fourth-order valence-electron chi connectivity index (χ4n) is 5.37. The maximum Gasteiger partial charge on any atom is 0.330 e. The van der Waals surface area contributed by atoms with Crippen molar-refractivity contribution in [1.82, 2.24) is 14.8 Å². The predicted octanol–water partition coefficient (Wildman–Crippen LogP) is 5.31. The first kappa shape index (κ1) is 24.5. The first-order valence-electron chi connectivity index (χ1n) is 12.4. The highest BCUT2D eigenvalue weighted by Gasteiger charge is 2.34. The molecular formula is C26H34ClN5O2. The second kappa shape index (κ2) is 11.2. The number of fused-ring (bicyclic) bond motifs is 2. The summed E-state index contributed by atoms with van der Waals surface area (Å²) in [6.45, 7) is 5.05. The third-order valence-electron chi connectivity index (χ3n) is 7.17. The van der Waals surface area contributed by atoms with Crippen LogP contribution in [0.3, 0.4) is 0 Å². The molecule has 0 spiro atoms. The summed E-state index contributed by atoms with van der Waals surface area (Å²) in [5.41, 5.74) is 1.63. The average Bonchev–Trinajstić information content (AvgIpc) is 3.19. The van der Waals surface area contributed by atoms with Crippen molar-refractivity contribution < 1.29 is 9.59 Å². The van der Waals surface area contributed by atoms with E-state index in [4.69, 9.17) is 0 Å². The number of hydrogen-bond donors (Lipinski definition) is 1. The van der Waals surface area contributed by atoms with Crippen molar-refractivity contribution in [2.24, 2.45) is 5.92 Å². The molecule has 2 saturated heterocycles. The smallest absolute Gasteiger partial charge is 0.324 e. The molecule has 3 aliphatic rings. The zero-order chi connectivity index (χ0) is 22.6. The van der Waals surface area contributed by atoms with Crippen LogP contribution in [0.15, 0.2) is 42.6 Å². The Labute approximate surface area is 207 Å². The molecular weight excluding hydrogens is 450 g/mol. The number of likely N-dealkylation sites (tertiary alicyclic amines) is 2. The molecule has 0 aliphatic carbocycles. The van der Waals surface area contributed by atoms with E-state index in [1.54, 1.807) is 29.3 Å². The molecule has 1 N–H and O–H groups in total. The van der Waals surface area contributed by atoms with E-state index in [-0.39, 0.29) is 24.3 Å². The lowest BCUT2D eigenvalue weighted by Crippen LogP contribution is -2.47. The molecule has 7 nitrogen and oxygen atoms in total. The SMILES string of the molecule is Cl.O=C1Nc2cccnc2N(C(=O)N2CCCC(CCN3CCCCCC3)C2)c2ccccc21. The molecule has 0 saturated carbocycles. The molecule has 5 rings (SSSR count). The Morgan fingerprint density at radius 3 is 2.62 bits per heavy atom. The van der Waals surface area contributed by atoms with Gasteiger partial charge in [0.1, 0.15) is 0 Å². The largest absolute Gasteiger partial charge is 0.330 e. The summed E-state index contributed by atoms with van der Waals surface area (Å²) < 4.78 is 0. The number of nitrogens with one attached hydrogen (secondary N) is 1. The Kier molecular flexibility index (Phi) is 8.06. The molecule has 1 atom stereocenters. The molecule has 0 radical (unpaired) electrons. The van der Waals surface area contributed by atoms with Gasteiger partial charge in [-0.15, -0.1) is 12.4 Å². The quantitative estimate of drug-likeness (QED) is 0.642. The number of hydrogen-bond acceptors (Lipinski definition) is 4. The summed E-state index contributed by atoms with van der Waals surface area (Å²) in [6, 6.07) is 10.8. The topological polar surface area (TPSA) is 68.8 Å². The van der Waals surface area contributed by atoms with Crippen LogP contribution < -0.4 is 10.2 Å². The highest BCUT2D eigenvalue weighted by molar-refractivity contribution is 6.16. The van der Waals surface area contributed by atoms with Crippen LogP contribution in [-0.4, -0.2) is 59.4 Å². The summed E-state index contributed by atoms with van der Waals surface area (Å²) in [5.74, 6) is 0.771. The lowest BCUT2D eigenvalue weighted by atomic mass is 9.94. The lowest BCUT2D eigenvalue weighted by molar-refractivity contribution is 0.102. The maximum absolute atomic E-state index is 13.9. The minimum absolute atomic E-state index is 0. The minimum atomic E-state index is -0.218. The third-order valence-corrected chi connectivity index (χ3v) is 7.17.